The van der Waals surface area contributed by atoms with Gasteiger partial charge < -0.3 is 15.2 Å². The van der Waals surface area contributed by atoms with Crippen molar-refractivity contribution in [2.75, 3.05) is 6.54 Å². The van der Waals surface area contributed by atoms with Gasteiger partial charge in [-0.3, -0.25) is 4.79 Å². The lowest BCUT2D eigenvalue weighted by atomic mass is 9.86. The summed E-state index contributed by atoms with van der Waals surface area (Å²) in [4.78, 5) is 14.5. The number of fused-ring (bicyclic) bond motifs is 1. The number of aryl methyl sites for hydroxylation is 1. The summed E-state index contributed by atoms with van der Waals surface area (Å²) in [6, 6.07) is 3.88. The van der Waals surface area contributed by atoms with Gasteiger partial charge in [0.25, 0.3) is 0 Å². The fourth-order valence-electron chi connectivity index (χ4n) is 2.67. The van der Waals surface area contributed by atoms with E-state index < -0.39 is 6.04 Å². The van der Waals surface area contributed by atoms with E-state index in [2.05, 4.69) is 30.5 Å². The smallest absolute Gasteiger partial charge is 0.240 e. The molecular weight excluding hydrogens is 238 g/mol. The minimum Gasteiger partial charge on any atom is -0.345 e. The third-order valence-electron chi connectivity index (χ3n) is 4.17. The number of rotatable bonds is 1. The minimum atomic E-state index is -0.447. The van der Waals surface area contributed by atoms with Crippen LogP contribution in [0.1, 0.15) is 45.1 Å². The van der Waals surface area contributed by atoms with Crippen molar-refractivity contribution in [2.24, 2.45) is 11.1 Å². The number of hydrogen-bond donors (Lipinski definition) is 1. The van der Waals surface area contributed by atoms with Crippen LogP contribution in [0.25, 0.3) is 0 Å². The highest BCUT2D eigenvalue weighted by Crippen LogP contribution is 2.29. The van der Waals surface area contributed by atoms with Gasteiger partial charge in [-0.1, -0.05) is 20.8 Å². The molecule has 1 aromatic heterocycles. The van der Waals surface area contributed by atoms with Crippen LogP contribution < -0.4 is 5.73 Å². The molecule has 106 valence electrons. The van der Waals surface area contributed by atoms with Crippen molar-refractivity contribution in [3.63, 3.8) is 0 Å². The van der Waals surface area contributed by atoms with Crippen molar-refractivity contribution in [3.05, 3.63) is 23.5 Å². The minimum absolute atomic E-state index is 0.0603. The molecule has 2 rings (SSSR count). The predicted molar refractivity (Wildman–Crippen MR) is 76.7 cm³/mol. The summed E-state index contributed by atoms with van der Waals surface area (Å²) in [6.45, 7) is 11.8. The molecule has 1 aliphatic rings. The second-order valence-electron chi connectivity index (χ2n) is 6.60. The summed E-state index contributed by atoms with van der Waals surface area (Å²) >= 11 is 0. The highest BCUT2D eigenvalue weighted by Gasteiger charge is 2.35. The average molecular weight is 263 g/mol. The van der Waals surface area contributed by atoms with Gasteiger partial charge in [0.2, 0.25) is 5.91 Å². The monoisotopic (exact) mass is 263 g/mol. The maximum atomic E-state index is 12.6. The zero-order valence-corrected chi connectivity index (χ0v) is 12.6. The van der Waals surface area contributed by atoms with Crippen molar-refractivity contribution >= 4 is 5.91 Å². The van der Waals surface area contributed by atoms with Crippen molar-refractivity contribution in [2.45, 2.75) is 53.2 Å². The second kappa shape index (κ2) is 4.67. The molecule has 0 fully saturated rings. The lowest BCUT2D eigenvalue weighted by Gasteiger charge is -2.39. The van der Waals surface area contributed by atoms with E-state index in [0.29, 0.717) is 0 Å². The standard InChI is InChI=1S/C15H25N3O/c1-10-6-7-12-11(2)18(9-8-17(10)12)14(19)13(16)15(3,4)5/h6-7,11,13H,8-9,16H2,1-5H3. The Hall–Kier alpha value is -1.29. The van der Waals surface area contributed by atoms with Gasteiger partial charge in [-0.2, -0.15) is 0 Å². The van der Waals surface area contributed by atoms with Crippen LogP contribution in [0.3, 0.4) is 0 Å². The molecule has 2 N–H and O–H groups in total. The highest BCUT2D eigenvalue weighted by atomic mass is 16.2. The van der Waals surface area contributed by atoms with E-state index in [9.17, 15) is 4.79 Å². The van der Waals surface area contributed by atoms with E-state index in [1.54, 1.807) is 0 Å². The first-order chi connectivity index (χ1) is 8.73. The largest absolute Gasteiger partial charge is 0.345 e. The van der Waals surface area contributed by atoms with Gasteiger partial charge in [0.1, 0.15) is 0 Å². The predicted octanol–water partition coefficient (Wildman–Crippen LogP) is 2.07. The quantitative estimate of drug-likeness (QED) is 0.843. The van der Waals surface area contributed by atoms with E-state index >= 15 is 0 Å². The third kappa shape index (κ3) is 2.41. The molecule has 0 aromatic carbocycles. The Kier molecular flexibility index (Phi) is 3.47. The van der Waals surface area contributed by atoms with Gasteiger partial charge in [-0.25, -0.2) is 0 Å². The Balaban J connectivity index is 2.23. The van der Waals surface area contributed by atoms with Crippen LogP contribution in [0.5, 0.6) is 0 Å². The number of amides is 1. The lowest BCUT2D eigenvalue weighted by molar-refractivity contribution is -0.138. The Labute approximate surface area is 115 Å². The third-order valence-corrected chi connectivity index (χ3v) is 4.17. The maximum Gasteiger partial charge on any atom is 0.240 e. The molecule has 0 spiro atoms. The van der Waals surface area contributed by atoms with Crippen LogP contribution in [0.2, 0.25) is 0 Å². The molecule has 0 saturated carbocycles. The van der Waals surface area contributed by atoms with Crippen LogP contribution in [0.4, 0.5) is 0 Å². The maximum absolute atomic E-state index is 12.6. The summed E-state index contributed by atoms with van der Waals surface area (Å²) < 4.78 is 2.29. The van der Waals surface area contributed by atoms with E-state index in [0.717, 1.165) is 13.1 Å². The van der Waals surface area contributed by atoms with Crippen LogP contribution in [0.15, 0.2) is 12.1 Å². The van der Waals surface area contributed by atoms with Crippen LogP contribution in [0, 0.1) is 12.3 Å². The van der Waals surface area contributed by atoms with Crippen LogP contribution >= 0.6 is 0 Å². The number of carbonyl (C=O) groups is 1. The van der Waals surface area contributed by atoms with Crippen LogP contribution in [-0.4, -0.2) is 28.0 Å². The number of aromatic nitrogens is 1. The van der Waals surface area contributed by atoms with Gasteiger partial charge in [-0.05, 0) is 31.4 Å². The summed E-state index contributed by atoms with van der Waals surface area (Å²) in [5.74, 6) is 0.0603. The molecule has 2 atom stereocenters. The Morgan fingerprint density at radius 1 is 1.37 bits per heavy atom. The molecule has 19 heavy (non-hydrogen) atoms. The topological polar surface area (TPSA) is 51.3 Å². The zero-order chi connectivity index (χ0) is 14.4. The van der Waals surface area contributed by atoms with Gasteiger partial charge in [0, 0.05) is 24.5 Å². The van der Waals surface area contributed by atoms with Crippen molar-refractivity contribution in [1.29, 1.82) is 0 Å². The average Bonchev–Trinajstić information content (AvgIpc) is 2.70. The zero-order valence-electron chi connectivity index (χ0n) is 12.6. The normalized spacial score (nSPS) is 21.2. The first-order valence-corrected chi connectivity index (χ1v) is 6.95. The molecule has 0 saturated heterocycles. The lowest BCUT2D eigenvalue weighted by Crippen LogP contribution is -2.53. The van der Waals surface area contributed by atoms with E-state index in [-0.39, 0.29) is 17.4 Å². The van der Waals surface area contributed by atoms with Gasteiger partial charge >= 0.3 is 0 Å². The molecule has 1 amide bonds. The molecule has 2 unspecified atom stereocenters. The van der Waals surface area contributed by atoms with Gasteiger partial charge in [0.15, 0.2) is 0 Å². The summed E-state index contributed by atoms with van der Waals surface area (Å²) in [5, 5.41) is 0. The number of carbonyl (C=O) groups excluding carboxylic acids is 1. The van der Waals surface area contributed by atoms with E-state index in [1.165, 1.54) is 11.4 Å². The first kappa shape index (κ1) is 14.1. The van der Waals surface area contributed by atoms with Crippen molar-refractivity contribution in [3.8, 4) is 0 Å². The fraction of sp³-hybridized carbons (Fsp3) is 0.667. The van der Waals surface area contributed by atoms with Crippen molar-refractivity contribution < 1.29 is 4.79 Å². The molecule has 1 aliphatic heterocycles. The number of nitrogens with two attached hydrogens (primary N) is 1. The van der Waals surface area contributed by atoms with Crippen LogP contribution in [-0.2, 0) is 11.3 Å². The first-order valence-electron chi connectivity index (χ1n) is 6.95. The SMILES string of the molecule is Cc1ccc2n1CCN(C(=O)C(N)C(C)(C)C)C2C. The Morgan fingerprint density at radius 2 is 2.00 bits per heavy atom. The molecule has 4 heteroatoms. The molecule has 0 radical (unpaired) electrons. The molecule has 1 aromatic rings. The summed E-state index contributed by atoms with van der Waals surface area (Å²) in [5.41, 5.74) is 8.38. The molecule has 0 aliphatic carbocycles. The number of nitrogens with zero attached hydrogens (tertiary/aromatic N) is 2. The Bertz CT molecular complexity index is 484. The second-order valence-corrected chi connectivity index (χ2v) is 6.60. The van der Waals surface area contributed by atoms with E-state index in [1.807, 2.05) is 25.7 Å². The summed E-state index contributed by atoms with van der Waals surface area (Å²) in [6.07, 6.45) is 0. The molecular formula is C15H25N3O. The molecule has 4 nitrogen and oxygen atoms in total. The van der Waals surface area contributed by atoms with Crippen molar-refractivity contribution in [1.82, 2.24) is 9.47 Å². The van der Waals surface area contributed by atoms with Gasteiger partial charge in [0.05, 0.1) is 12.1 Å². The highest BCUT2D eigenvalue weighted by molar-refractivity contribution is 5.83. The van der Waals surface area contributed by atoms with Gasteiger partial charge in [-0.15, -0.1) is 0 Å². The molecule has 0 bridgehead atoms. The van der Waals surface area contributed by atoms with E-state index in [4.69, 9.17) is 5.73 Å². The number of hydrogen-bond acceptors (Lipinski definition) is 2. The summed E-state index contributed by atoms with van der Waals surface area (Å²) in [7, 11) is 0. The molecule has 2 heterocycles. The fourth-order valence-corrected chi connectivity index (χ4v) is 2.67. The Morgan fingerprint density at radius 3 is 2.58 bits per heavy atom.